The summed E-state index contributed by atoms with van der Waals surface area (Å²) in [6.07, 6.45) is 23.0. The van der Waals surface area contributed by atoms with Crippen molar-refractivity contribution in [2.24, 2.45) is 0 Å². The highest BCUT2D eigenvalue weighted by molar-refractivity contribution is 5.58. The average Bonchev–Trinajstić information content (AvgIpc) is 2.77. The van der Waals surface area contributed by atoms with Gasteiger partial charge in [0.2, 0.25) is 0 Å². The lowest BCUT2D eigenvalue weighted by atomic mass is 10.1. The fourth-order valence-corrected chi connectivity index (χ4v) is 3.75. The number of hydrogen-bond donors (Lipinski definition) is 0. The summed E-state index contributed by atoms with van der Waals surface area (Å²) in [5, 5.41) is 0. The third kappa shape index (κ3) is 13.7. The first-order valence-corrected chi connectivity index (χ1v) is 12.8. The van der Waals surface area contributed by atoms with E-state index in [9.17, 15) is 0 Å². The molecule has 0 aliphatic carbocycles. The van der Waals surface area contributed by atoms with E-state index in [1.165, 1.54) is 89.9 Å². The van der Waals surface area contributed by atoms with Crippen LogP contribution < -0.4 is 9.47 Å². The Kier molecular flexibility index (Phi) is 17.3. The van der Waals surface area contributed by atoms with E-state index < -0.39 is 0 Å². The van der Waals surface area contributed by atoms with Gasteiger partial charge in [-0.05, 0) is 31.0 Å². The lowest BCUT2D eigenvalue weighted by Gasteiger charge is -2.12. The Balaban J connectivity index is 2.14. The minimum atomic E-state index is 0.786. The molecule has 30 heavy (non-hydrogen) atoms. The second-order valence-corrected chi connectivity index (χ2v) is 8.55. The molecule has 2 heteroatoms. The van der Waals surface area contributed by atoms with Crippen LogP contribution in [0.15, 0.2) is 24.8 Å². The van der Waals surface area contributed by atoms with Crippen molar-refractivity contribution < 1.29 is 9.47 Å². The van der Waals surface area contributed by atoms with Gasteiger partial charge in [-0.1, -0.05) is 116 Å². The summed E-state index contributed by atoms with van der Waals surface area (Å²) in [6, 6.07) is 6.12. The molecule has 0 aliphatic rings. The van der Waals surface area contributed by atoms with Crippen molar-refractivity contribution in [3.8, 4) is 11.5 Å². The van der Waals surface area contributed by atoms with E-state index in [2.05, 4.69) is 26.5 Å². The molecular weight excluding hydrogens is 368 g/mol. The van der Waals surface area contributed by atoms with Crippen molar-refractivity contribution in [1.29, 1.82) is 0 Å². The van der Waals surface area contributed by atoms with E-state index in [-0.39, 0.29) is 0 Å². The molecule has 0 aromatic heterocycles. The van der Waals surface area contributed by atoms with E-state index in [4.69, 9.17) is 9.47 Å². The van der Waals surface area contributed by atoms with Gasteiger partial charge in [0.25, 0.3) is 0 Å². The molecule has 2 nitrogen and oxygen atoms in total. The monoisotopic (exact) mass is 416 g/mol. The first kappa shape index (κ1) is 26.6. The normalized spacial score (nSPS) is 10.9. The fraction of sp³-hybridized carbons (Fsp3) is 0.714. The maximum absolute atomic E-state index is 6.00. The predicted molar refractivity (Wildman–Crippen MR) is 133 cm³/mol. The van der Waals surface area contributed by atoms with Crippen molar-refractivity contribution in [2.75, 3.05) is 13.2 Å². The van der Waals surface area contributed by atoms with Crippen LogP contribution >= 0.6 is 0 Å². The van der Waals surface area contributed by atoms with Gasteiger partial charge in [-0.3, -0.25) is 0 Å². The van der Waals surface area contributed by atoms with Gasteiger partial charge in [0.1, 0.15) is 11.5 Å². The molecule has 0 amide bonds. The molecule has 1 rings (SSSR count). The second kappa shape index (κ2) is 19.5. The molecule has 1 aromatic rings. The number of ether oxygens (including phenoxy) is 2. The van der Waals surface area contributed by atoms with Crippen molar-refractivity contribution in [1.82, 2.24) is 0 Å². The second-order valence-electron chi connectivity index (χ2n) is 8.55. The summed E-state index contributed by atoms with van der Waals surface area (Å²) in [4.78, 5) is 0. The van der Waals surface area contributed by atoms with Crippen LogP contribution in [0, 0.1) is 0 Å². The molecule has 0 bridgehead atoms. The number of rotatable bonds is 21. The molecule has 0 saturated carbocycles. The third-order valence-corrected chi connectivity index (χ3v) is 5.72. The highest BCUT2D eigenvalue weighted by atomic mass is 16.5. The van der Waals surface area contributed by atoms with E-state index in [1.807, 2.05) is 18.2 Å². The fourth-order valence-electron chi connectivity index (χ4n) is 3.75. The van der Waals surface area contributed by atoms with E-state index >= 15 is 0 Å². The van der Waals surface area contributed by atoms with Crippen molar-refractivity contribution >= 4 is 6.08 Å². The van der Waals surface area contributed by atoms with Gasteiger partial charge in [-0.25, -0.2) is 0 Å². The minimum Gasteiger partial charge on any atom is -0.494 e. The smallest absolute Gasteiger partial charge is 0.126 e. The predicted octanol–water partition coefficient (Wildman–Crippen LogP) is 9.37. The molecule has 0 saturated heterocycles. The zero-order chi connectivity index (χ0) is 21.7. The lowest BCUT2D eigenvalue weighted by Crippen LogP contribution is -2.01. The molecule has 0 N–H and O–H groups in total. The molecule has 0 spiro atoms. The van der Waals surface area contributed by atoms with Crippen LogP contribution in [0.25, 0.3) is 6.08 Å². The maximum Gasteiger partial charge on any atom is 0.126 e. The number of unbranched alkanes of at least 4 members (excludes halogenated alkanes) is 14. The van der Waals surface area contributed by atoms with E-state index in [1.54, 1.807) is 0 Å². The Morgan fingerprint density at radius 1 is 0.633 bits per heavy atom. The SMILES string of the molecule is C=Cc1cc(OCCCCCCCCCC)ccc1OCCCCCCCCCC. The van der Waals surface area contributed by atoms with Crippen LogP contribution in [-0.4, -0.2) is 13.2 Å². The summed E-state index contributed by atoms with van der Waals surface area (Å²) >= 11 is 0. The Labute approximate surface area is 187 Å². The molecule has 172 valence electrons. The van der Waals surface area contributed by atoms with Gasteiger partial charge in [0, 0.05) is 5.56 Å². The quantitative estimate of drug-likeness (QED) is 0.186. The van der Waals surface area contributed by atoms with Gasteiger partial charge in [0.05, 0.1) is 13.2 Å². The zero-order valence-corrected chi connectivity index (χ0v) is 20.1. The zero-order valence-electron chi connectivity index (χ0n) is 20.1. The minimum absolute atomic E-state index is 0.786. The Morgan fingerprint density at radius 2 is 1.10 bits per heavy atom. The largest absolute Gasteiger partial charge is 0.494 e. The Hall–Kier alpha value is -1.44. The summed E-state index contributed by atoms with van der Waals surface area (Å²) in [6.45, 7) is 10.1. The van der Waals surface area contributed by atoms with Crippen molar-refractivity contribution in [3.63, 3.8) is 0 Å². The highest BCUT2D eigenvalue weighted by Gasteiger charge is 2.04. The van der Waals surface area contributed by atoms with Gasteiger partial charge in [-0.15, -0.1) is 0 Å². The standard InChI is InChI=1S/C28H48O2/c1-4-7-9-11-13-15-17-19-23-29-27-21-22-28(26(6-3)25-27)30-24-20-18-16-14-12-10-8-5-2/h6,21-22,25H,3-5,7-20,23-24H2,1-2H3. The summed E-state index contributed by atoms with van der Waals surface area (Å²) < 4.78 is 11.9. The van der Waals surface area contributed by atoms with Gasteiger partial charge in [0.15, 0.2) is 0 Å². The van der Waals surface area contributed by atoms with Crippen molar-refractivity contribution in [3.05, 3.63) is 30.3 Å². The van der Waals surface area contributed by atoms with E-state index in [0.29, 0.717) is 0 Å². The average molecular weight is 417 g/mol. The molecule has 0 heterocycles. The molecule has 0 aliphatic heterocycles. The Bertz CT molecular complexity index is 523. The lowest BCUT2D eigenvalue weighted by molar-refractivity contribution is 0.295. The molecule has 0 radical (unpaired) electrons. The summed E-state index contributed by atoms with van der Waals surface area (Å²) in [5.41, 5.74) is 1.03. The molecular formula is C28H48O2. The molecule has 0 fully saturated rings. The number of benzene rings is 1. The van der Waals surface area contributed by atoms with Crippen LogP contribution in [0.4, 0.5) is 0 Å². The van der Waals surface area contributed by atoms with Gasteiger partial charge in [-0.2, -0.15) is 0 Å². The summed E-state index contributed by atoms with van der Waals surface area (Å²) in [7, 11) is 0. The molecule has 1 aromatic carbocycles. The van der Waals surface area contributed by atoms with Crippen LogP contribution in [-0.2, 0) is 0 Å². The first-order valence-electron chi connectivity index (χ1n) is 12.8. The van der Waals surface area contributed by atoms with Gasteiger partial charge < -0.3 is 9.47 Å². The Morgan fingerprint density at radius 3 is 1.60 bits per heavy atom. The van der Waals surface area contributed by atoms with E-state index in [0.717, 1.165) is 43.1 Å². The van der Waals surface area contributed by atoms with Gasteiger partial charge >= 0.3 is 0 Å². The number of hydrogen-bond acceptors (Lipinski definition) is 2. The summed E-state index contributed by atoms with van der Waals surface area (Å²) in [5.74, 6) is 1.85. The highest BCUT2D eigenvalue weighted by Crippen LogP contribution is 2.26. The van der Waals surface area contributed by atoms with Crippen LogP contribution in [0.3, 0.4) is 0 Å². The maximum atomic E-state index is 6.00. The van der Waals surface area contributed by atoms with Crippen LogP contribution in [0.2, 0.25) is 0 Å². The molecule has 0 atom stereocenters. The molecule has 0 unspecified atom stereocenters. The first-order chi connectivity index (χ1) is 14.8. The van der Waals surface area contributed by atoms with Crippen molar-refractivity contribution in [2.45, 2.75) is 117 Å². The van der Waals surface area contributed by atoms with Crippen LogP contribution in [0.5, 0.6) is 11.5 Å². The van der Waals surface area contributed by atoms with Crippen LogP contribution in [0.1, 0.15) is 122 Å². The third-order valence-electron chi connectivity index (χ3n) is 5.72. The topological polar surface area (TPSA) is 18.5 Å².